The molecule has 0 saturated carbocycles. The fraction of sp³-hybridized carbons (Fsp3) is 0.350. The van der Waals surface area contributed by atoms with Gasteiger partial charge < -0.3 is 4.74 Å². The Morgan fingerprint density at radius 2 is 2.09 bits per heavy atom. The van der Waals surface area contributed by atoms with E-state index in [-0.39, 0.29) is 11.9 Å². The summed E-state index contributed by atoms with van der Waals surface area (Å²) in [6.45, 7) is 0. The number of methoxy groups -OCH3 is 1. The van der Waals surface area contributed by atoms with E-state index in [2.05, 4.69) is 42.5 Å². The molecule has 0 N–H and O–H groups in total. The zero-order valence-electron chi connectivity index (χ0n) is 13.0. The number of hydrogen-bond donors (Lipinski definition) is 0. The van der Waals surface area contributed by atoms with E-state index in [4.69, 9.17) is 4.74 Å². The van der Waals surface area contributed by atoms with E-state index < -0.39 is 0 Å². The standard InChI is InChI=1S/C20H22O2/c1-22-20(21)18-12-11-17-10-9-16(13-19(17)14-18)8-7-15-5-3-2-4-6-15/h2-6,8-10,18H,7,11-14H2,1H3. The Morgan fingerprint density at radius 3 is 2.86 bits per heavy atom. The normalized spacial score (nSPS) is 22.6. The topological polar surface area (TPSA) is 26.3 Å². The van der Waals surface area contributed by atoms with Crippen molar-refractivity contribution in [3.63, 3.8) is 0 Å². The Hall–Kier alpha value is -2.09. The highest BCUT2D eigenvalue weighted by atomic mass is 16.5. The van der Waals surface area contributed by atoms with E-state index in [1.54, 1.807) is 0 Å². The monoisotopic (exact) mass is 294 g/mol. The average Bonchev–Trinajstić information content (AvgIpc) is 2.59. The summed E-state index contributed by atoms with van der Waals surface area (Å²) >= 11 is 0. The molecule has 0 aliphatic heterocycles. The number of rotatable bonds is 3. The molecule has 114 valence electrons. The zero-order chi connectivity index (χ0) is 15.4. The third kappa shape index (κ3) is 3.38. The van der Waals surface area contributed by atoms with Crippen LogP contribution in [0, 0.1) is 5.92 Å². The fourth-order valence-corrected chi connectivity index (χ4v) is 3.31. The van der Waals surface area contributed by atoms with Crippen LogP contribution in [-0.2, 0) is 16.0 Å². The van der Waals surface area contributed by atoms with Crippen molar-refractivity contribution in [1.82, 2.24) is 0 Å². The van der Waals surface area contributed by atoms with Gasteiger partial charge in [0.2, 0.25) is 0 Å². The Balaban J connectivity index is 1.67. The molecule has 0 amide bonds. The van der Waals surface area contributed by atoms with E-state index in [9.17, 15) is 4.79 Å². The summed E-state index contributed by atoms with van der Waals surface area (Å²) in [4.78, 5) is 11.8. The van der Waals surface area contributed by atoms with Crippen LogP contribution in [0.5, 0.6) is 0 Å². The zero-order valence-corrected chi connectivity index (χ0v) is 13.0. The second kappa shape index (κ2) is 6.78. The molecule has 2 heteroatoms. The smallest absolute Gasteiger partial charge is 0.308 e. The molecule has 1 unspecified atom stereocenters. The van der Waals surface area contributed by atoms with Crippen LogP contribution in [0.2, 0.25) is 0 Å². The minimum atomic E-state index is -0.0593. The van der Waals surface area contributed by atoms with Crippen LogP contribution in [-0.4, -0.2) is 13.1 Å². The summed E-state index contributed by atoms with van der Waals surface area (Å²) in [6, 6.07) is 10.5. The molecule has 1 aromatic rings. The van der Waals surface area contributed by atoms with Gasteiger partial charge in [0.1, 0.15) is 0 Å². The van der Waals surface area contributed by atoms with Crippen molar-refractivity contribution in [3.05, 3.63) is 70.8 Å². The number of carbonyl (C=O) groups excluding carboxylic acids is 1. The first-order valence-electron chi connectivity index (χ1n) is 7.96. The molecular formula is C20H22O2. The van der Waals surface area contributed by atoms with Gasteiger partial charge in [-0.1, -0.05) is 54.1 Å². The Morgan fingerprint density at radius 1 is 1.27 bits per heavy atom. The van der Waals surface area contributed by atoms with Gasteiger partial charge in [0.05, 0.1) is 13.0 Å². The molecule has 0 saturated heterocycles. The van der Waals surface area contributed by atoms with Crippen LogP contribution in [0.1, 0.15) is 31.2 Å². The summed E-state index contributed by atoms with van der Waals surface area (Å²) in [5, 5.41) is 0. The van der Waals surface area contributed by atoms with Crippen LogP contribution in [0.25, 0.3) is 0 Å². The lowest BCUT2D eigenvalue weighted by atomic mass is 9.78. The van der Waals surface area contributed by atoms with Gasteiger partial charge in [-0.2, -0.15) is 0 Å². The molecule has 1 aromatic carbocycles. The van der Waals surface area contributed by atoms with E-state index in [1.807, 2.05) is 6.07 Å². The first-order chi connectivity index (χ1) is 10.8. The third-order valence-corrected chi connectivity index (χ3v) is 4.60. The van der Waals surface area contributed by atoms with Crippen molar-refractivity contribution < 1.29 is 9.53 Å². The van der Waals surface area contributed by atoms with Gasteiger partial charge >= 0.3 is 5.97 Å². The van der Waals surface area contributed by atoms with Crippen LogP contribution in [0.15, 0.2) is 65.3 Å². The van der Waals surface area contributed by atoms with Gasteiger partial charge in [0.25, 0.3) is 0 Å². The SMILES string of the molecule is COC(=O)C1CCC2=C(CC(=CCc3ccccc3)C=C2)C1. The number of esters is 1. The summed E-state index contributed by atoms with van der Waals surface area (Å²) < 4.78 is 4.91. The van der Waals surface area contributed by atoms with E-state index in [1.165, 1.54) is 29.4 Å². The molecule has 0 bridgehead atoms. The highest BCUT2D eigenvalue weighted by Gasteiger charge is 2.27. The van der Waals surface area contributed by atoms with Crippen molar-refractivity contribution >= 4 is 5.97 Å². The minimum absolute atomic E-state index is 0.0469. The van der Waals surface area contributed by atoms with Gasteiger partial charge in [-0.05, 0) is 48.8 Å². The number of benzene rings is 1. The first-order valence-corrected chi connectivity index (χ1v) is 7.96. The summed E-state index contributed by atoms with van der Waals surface area (Å²) in [5.74, 6) is -0.0125. The highest BCUT2D eigenvalue weighted by molar-refractivity contribution is 5.73. The van der Waals surface area contributed by atoms with Gasteiger partial charge in [0, 0.05) is 0 Å². The third-order valence-electron chi connectivity index (χ3n) is 4.60. The Bertz CT molecular complexity index is 635. The first kappa shape index (κ1) is 14.8. The van der Waals surface area contributed by atoms with Crippen LogP contribution in [0.4, 0.5) is 0 Å². The molecule has 0 aromatic heterocycles. The largest absolute Gasteiger partial charge is 0.469 e. The van der Waals surface area contributed by atoms with Gasteiger partial charge in [-0.15, -0.1) is 0 Å². The molecular weight excluding hydrogens is 272 g/mol. The molecule has 0 fully saturated rings. The highest BCUT2D eigenvalue weighted by Crippen LogP contribution is 2.37. The van der Waals surface area contributed by atoms with Crippen LogP contribution >= 0.6 is 0 Å². The molecule has 0 spiro atoms. The molecule has 2 aliphatic carbocycles. The van der Waals surface area contributed by atoms with Crippen LogP contribution < -0.4 is 0 Å². The molecule has 22 heavy (non-hydrogen) atoms. The van der Waals surface area contributed by atoms with Crippen molar-refractivity contribution in [2.24, 2.45) is 5.92 Å². The molecule has 0 radical (unpaired) electrons. The van der Waals surface area contributed by atoms with Gasteiger partial charge in [0.15, 0.2) is 0 Å². The van der Waals surface area contributed by atoms with Crippen molar-refractivity contribution in [3.8, 4) is 0 Å². The van der Waals surface area contributed by atoms with Crippen molar-refractivity contribution in [2.45, 2.75) is 32.1 Å². The number of allylic oxidation sites excluding steroid dienone is 6. The fourth-order valence-electron chi connectivity index (χ4n) is 3.31. The molecule has 2 nitrogen and oxygen atoms in total. The number of hydrogen-bond acceptors (Lipinski definition) is 2. The lowest BCUT2D eigenvalue weighted by molar-refractivity contribution is -0.145. The lowest BCUT2D eigenvalue weighted by Gasteiger charge is -2.27. The predicted molar refractivity (Wildman–Crippen MR) is 88.4 cm³/mol. The maximum absolute atomic E-state index is 11.8. The Labute approximate surface area is 132 Å². The summed E-state index contributed by atoms with van der Waals surface area (Å²) in [6.07, 6.45) is 11.5. The van der Waals surface area contributed by atoms with Crippen LogP contribution in [0.3, 0.4) is 0 Å². The molecule has 3 rings (SSSR count). The molecule has 2 aliphatic rings. The van der Waals surface area contributed by atoms with Crippen molar-refractivity contribution in [2.75, 3.05) is 7.11 Å². The second-order valence-electron chi connectivity index (χ2n) is 6.07. The summed E-state index contributed by atoms with van der Waals surface area (Å²) in [5.41, 5.74) is 5.54. The quantitative estimate of drug-likeness (QED) is 0.773. The average molecular weight is 294 g/mol. The maximum atomic E-state index is 11.8. The molecule has 1 atom stereocenters. The lowest BCUT2D eigenvalue weighted by Crippen LogP contribution is -2.21. The summed E-state index contributed by atoms with van der Waals surface area (Å²) in [7, 11) is 1.48. The maximum Gasteiger partial charge on any atom is 0.308 e. The minimum Gasteiger partial charge on any atom is -0.469 e. The van der Waals surface area contributed by atoms with E-state index in [0.29, 0.717) is 0 Å². The van der Waals surface area contributed by atoms with Crippen molar-refractivity contribution in [1.29, 1.82) is 0 Å². The number of ether oxygens (including phenoxy) is 1. The van der Waals surface area contributed by atoms with E-state index in [0.717, 1.165) is 32.1 Å². The second-order valence-corrected chi connectivity index (χ2v) is 6.07. The van der Waals surface area contributed by atoms with Gasteiger partial charge in [-0.25, -0.2) is 0 Å². The molecule has 0 heterocycles. The van der Waals surface area contributed by atoms with E-state index >= 15 is 0 Å². The Kier molecular flexibility index (Phi) is 4.57. The van der Waals surface area contributed by atoms with Gasteiger partial charge in [-0.3, -0.25) is 4.79 Å². The predicted octanol–water partition coefficient (Wildman–Crippen LogP) is 4.39. The number of carbonyl (C=O) groups is 1.